The molecule has 0 radical (unpaired) electrons. The molecule has 2 heteroatoms. The van der Waals surface area contributed by atoms with Gasteiger partial charge in [-0.1, -0.05) is 25.5 Å². The minimum absolute atomic E-state index is 0.184. The van der Waals surface area contributed by atoms with Crippen molar-refractivity contribution < 1.29 is 9.90 Å². The molecule has 0 saturated carbocycles. The average Bonchev–Trinajstić information content (AvgIpc) is 1.97. The quantitative estimate of drug-likeness (QED) is 0.621. The number of carbonyl (C=O) groups is 1. The van der Waals surface area contributed by atoms with Crippen molar-refractivity contribution in [1.29, 1.82) is 0 Å². The second kappa shape index (κ2) is 5.96. The average molecular weight is 156 g/mol. The van der Waals surface area contributed by atoms with E-state index in [-0.39, 0.29) is 5.92 Å². The Bertz CT molecular complexity index is 138. The molecule has 0 fully saturated rings. The number of carboxylic acid groups (broad SMARTS) is 1. The van der Waals surface area contributed by atoms with Crippen LogP contribution >= 0.6 is 0 Å². The number of allylic oxidation sites excluding steroid dienone is 2. The number of rotatable bonds is 5. The third-order valence-electron chi connectivity index (χ3n) is 1.64. The Morgan fingerprint density at radius 3 is 2.64 bits per heavy atom. The van der Waals surface area contributed by atoms with Gasteiger partial charge >= 0.3 is 5.97 Å². The molecule has 0 rings (SSSR count). The molecule has 0 spiro atoms. The molecule has 0 heterocycles. The Labute approximate surface area is 67.9 Å². The van der Waals surface area contributed by atoms with E-state index in [2.05, 4.69) is 0 Å². The van der Waals surface area contributed by atoms with Crippen LogP contribution in [0.1, 0.15) is 33.1 Å². The molecule has 0 aromatic carbocycles. The van der Waals surface area contributed by atoms with Gasteiger partial charge in [0.05, 0.1) is 5.92 Å². The predicted molar refractivity (Wildman–Crippen MR) is 45.5 cm³/mol. The van der Waals surface area contributed by atoms with Crippen LogP contribution in [0.5, 0.6) is 0 Å². The lowest BCUT2D eigenvalue weighted by molar-refractivity contribution is -0.141. The van der Waals surface area contributed by atoms with Gasteiger partial charge in [0.1, 0.15) is 0 Å². The van der Waals surface area contributed by atoms with Gasteiger partial charge < -0.3 is 5.11 Å². The molecular weight excluding hydrogens is 140 g/mol. The molecule has 2 nitrogen and oxygen atoms in total. The van der Waals surface area contributed by atoms with Gasteiger partial charge in [-0.15, -0.1) is 0 Å². The van der Waals surface area contributed by atoms with Gasteiger partial charge in [-0.25, -0.2) is 0 Å². The van der Waals surface area contributed by atoms with Gasteiger partial charge in [-0.05, 0) is 19.8 Å². The monoisotopic (exact) mass is 156 g/mol. The standard InChI is InChI=1S/C9H16O2/c1-3-5-7-8(6-4-2)9(10)11/h3,5,8H,4,6-7H2,1-2H3,(H,10,11)/b5-3+. The van der Waals surface area contributed by atoms with Crippen molar-refractivity contribution in [3.8, 4) is 0 Å². The summed E-state index contributed by atoms with van der Waals surface area (Å²) in [6.45, 7) is 3.91. The van der Waals surface area contributed by atoms with E-state index in [9.17, 15) is 4.79 Å². The van der Waals surface area contributed by atoms with Crippen LogP contribution in [-0.2, 0) is 4.79 Å². The molecule has 0 saturated heterocycles. The normalized spacial score (nSPS) is 13.6. The van der Waals surface area contributed by atoms with E-state index in [0.29, 0.717) is 6.42 Å². The van der Waals surface area contributed by atoms with E-state index in [1.54, 1.807) is 0 Å². The van der Waals surface area contributed by atoms with Crippen molar-refractivity contribution in [3.63, 3.8) is 0 Å². The zero-order valence-corrected chi connectivity index (χ0v) is 7.21. The Hall–Kier alpha value is -0.790. The molecule has 1 atom stereocenters. The fraction of sp³-hybridized carbons (Fsp3) is 0.667. The first kappa shape index (κ1) is 10.2. The van der Waals surface area contributed by atoms with E-state index in [1.165, 1.54) is 0 Å². The first-order valence-electron chi connectivity index (χ1n) is 4.06. The van der Waals surface area contributed by atoms with Crippen molar-refractivity contribution in [2.24, 2.45) is 5.92 Å². The largest absolute Gasteiger partial charge is 0.481 e. The summed E-state index contributed by atoms with van der Waals surface area (Å²) in [7, 11) is 0. The van der Waals surface area contributed by atoms with Crippen LogP contribution in [0.15, 0.2) is 12.2 Å². The summed E-state index contributed by atoms with van der Waals surface area (Å²) in [6.07, 6.45) is 6.19. The number of hydrogen-bond acceptors (Lipinski definition) is 1. The second-order valence-corrected chi connectivity index (χ2v) is 2.63. The summed E-state index contributed by atoms with van der Waals surface area (Å²) in [6, 6.07) is 0. The van der Waals surface area contributed by atoms with Crippen LogP contribution in [-0.4, -0.2) is 11.1 Å². The maximum atomic E-state index is 10.6. The number of carboxylic acids is 1. The first-order valence-corrected chi connectivity index (χ1v) is 4.06. The van der Waals surface area contributed by atoms with Crippen LogP contribution in [0.25, 0.3) is 0 Å². The summed E-state index contributed by atoms with van der Waals surface area (Å²) >= 11 is 0. The lowest BCUT2D eigenvalue weighted by Gasteiger charge is -2.06. The third-order valence-corrected chi connectivity index (χ3v) is 1.64. The van der Waals surface area contributed by atoms with Crippen LogP contribution in [0.2, 0.25) is 0 Å². The molecule has 0 aliphatic heterocycles. The molecule has 0 aromatic heterocycles. The topological polar surface area (TPSA) is 37.3 Å². The second-order valence-electron chi connectivity index (χ2n) is 2.63. The first-order chi connectivity index (χ1) is 5.22. The maximum Gasteiger partial charge on any atom is 0.306 e. The predicted octanol–water partition coefficient (Wildman–Crippen LogP) is 2.45. The molecule has 0 bridgehead atoms. The Balaban J connectivity index is 3.79. The third kappa shape index (κ3) is 4.59. The van der Waals surface area contributed by atoms with Gasteiger partial charge in [-0.3, -0.25) is 4.79 Å². The van der Waals surface area contributed by atoms with Crippen LogP contribution in [0.4, 0.5) is 0 Å². The van der Waals surface area contributed by atoms with Crippen molar-refractivity contribution >= 4 is 5.97 Å². The van der Waals surface area contributed by atoms with E-state index < -0.39 is 5.97 Å². The summed E-state index contributed by atoms with van der Waals surface area (Å²) in [4.78, 5) is 10.6. The molecule has 0 aliphatic rings. The molecule has 0 amide bonds. The van der Waals surface area contributed by atoms with E-state index >= 15 is 0 Å². The molecule has 1 N–H and O–H groups in total. The Kier molecular flexibility index (Phi) is 5.53. The smallest absolute Gasteiger partial charge is 0.306 e. The van der Waals surface area contributed by atoms with Crippen molar-refractivity contribution in [1.82, 2.24) is 0 Å². The van der Waals surface area contributed by atoms with Gasteiger partial charge in [0.25, 0.3) is 0 Å². The highest BCUT2D eigenvalue weighted by molar-refractivity contribution is 5.70. The lowest BCUT2D eigenvalue weighted by Crippen LogP contribution is -2.12. The fourth-order valence-corrected chi connectivity index (χ4v) is 0.991. The zero-order valence-electron chi connectivity index (χ0n) is 7.21. The summed E-state index contributed by atoms with van der Waals surface area (Å²) in [5, 5.41) is 8.70. The minimum Gasteiger partial charge on any atom is -0.481 e. The molecule has 64 valence electrons. The van der Waals surface area contributed by atoms with Crippen LogP contribution < -0.4 is 0 Å². The van der Waals surface area contributed by atoms with E-state index in [0.717, 1.165) is 12.8 Å². The summed E-state index contributed by atoms with van der Waals surface area (Å²) in [5.74, 6) is -0.860. The highest BCUT2D eigenvalue weighted by atomic mass is 16.4. The Morgan fingerprint density at radius 1 is 1.64 bits per heavy atom. The molecular formula is C9H16O2. The molecule has 1 unspecified atom stereocenters. The van der Waals surface area contributed by atoms with Crippen LogP contribution in [0.3, 0.4) is 0 Å². The van der Waals surface area contributed by atoms with Gasteiger partial charge in [0, 0.05) is 0 Å². The van der Waals surface area contributed by atoms with Gasteiger partial charge in [0.15, 0.2) is 0 Å². The molecule has 0 aromatic rings. The lowest BCUT2D eigenvalue weighted by atomic mass is 10.00. The van der Waals surface area contributed by atoms with E-state index in [4.69, 9.17) is 5.11 Å². The van der Waals surface area contributed by atoms with E-state index in [1.807, 2.05) is 26.0 Å². The van der Waals surface area contributed by atoms with Crippen LogP contribution in [0, 0.1) is 5.92 Å². The fourth-order valence-electron chi connectivity index (χ4n) is 0.991. The van der Waals surface area contributed by atoms with Crippen molar-refractivity contribution in [2.75, 3.05) is 0 Å². The van der Waals surface area contributed by atoms with Gasteiger partial charge in [-0.2, -0.15) is 0 Å². The summed E-state index contributed by atoms with van der Waals surface area (Å²) in [5.41, 5.74) is 0. The Morgan fingerprint density at radius 2 is 2.27 bits per heavy atom. The molecule has 11 heavy (non-hydrogen) atoms. The molecule has 0 aliphatic carbocycles. The minimum atomic E-state index is -0.676. The SMILES string of the molecule is C/C=C/CC(CCC)C(=O)O. The highest BCUT2D eigenvalue weighted by Gasteiger charge is 2.13. The number of hydrogen-bond donors (Lipinski definition) is 1. The van der Waals surface area contributed by atoms with Crippen molar-refractivity contribution in [2.45, 2.75) is 33.1 Å². The highest BCUT2D eigenvalue weighted by Crippen LogP contribution is 2.11. The summed E-state index contributed by atoms with van der Waals surface area (Å²) < 4.78 is 0. The number of aliphatic carboxylic acids is 1. The zero-order chi connectivity index (χ0) is 8.69. The van der Waals surface area contributed by atoms with Gasteiger partial charge in [0.2, 0.25) is 0 Å². The van der Waals surface area contributed by atoms with Crippen molar-refractivity contribution in [3.05, 3.63) is 12.2 Å². The maximum absolute atomic E-state index is 10.6.